The van der Waals surface area contributed by atoms with Crippen molar-refractivity contribution in [3.05, 3.63) is 88.3 Å². The third-order valence-corrected chi connectivity index (χ3v) is 5.22. The van der Waals surface area contributed by atoms with Crippen LogP contribution in [0.2, 0.25) is 0 Å². The van der Waals surface area contributed by atoms with Gasteiger partial charge in [-0.05, 0) is 35.4 Å². The standard InChI is InChI=1S/C25H16O7/c1-29-21(26)13-30-16-9-7-15(8-10-16)23-18-12-19-17(11-20(18)32-25(23)28)22(24(27)31-19)14-5-3-2-4-6-14/h2-12H,13H2,1H3. The molecule has 0 atom stereocenters. The zero-order chi connectivity index (χ0) is 22.2. The molecule has 2 aliphatic rings. The number of rotatable bonds is 5. The van der Waals surface area contributed by atoms with Gasteiger partial charge in [-0.15, -0.1) is 0 Å². The summed E-state index contributed by atoms with van der Waals surface area (Å²) in [5.74, 6) is -0.250. The Hall–Kier alpha value is -4.39. The Bertz CT molecular complexity index is 1390. The van der Waals surface area contributed by atoms with E-state index in [1.165, 1.54) is 7.11 Å². The molecule has 7 heteroatoms. The number of carbonyl (C=O) groups excluding carboxylic acids is 3. The van der Waals surface area contributed by atoms with Crippen LogP contribution < -0.4 is 24.6 Å². The molecule has 0 aliphatic carbocycles. The van der Waals surface area contributed by atoms with Crippen molar-refractivity contribution in [3.63, 3.8) is 0 Å². The molecule has 0 fully saturated rings. The van der Waals surface area contributed by atoms with Crippen LogP contribution in [0.15, 0.2) is 66.7 Å². The number of ether oxygens (including phenoxy) is 4. The molecule has 0 N–H and O–H groups in total. The Kier molecular flexibility index (Phi) is 4.71. The largest absolute Gasteiger partial charge is 0.482 e. The molecular weight excluding hydrogens is 412 g/mol. The summed E-state index contributed by atoms with van der Waals surface area (Å²) in [5.41, 5.74) is 2.12. The third-order valence-electron chi connectivity index (χ3n) is 5.22. The van der Waals surface area contributed by atoms with Crippen LogP contribution in [0.4, 0.5) is 0 Å². The van der Waals surface area contributed by atoms with E-state index in [4.69, 9.17) is 14.2 Å². The smallest absolute Gasteiger partial charge is 0.344 e. The van der Waals surface area contributed by atoms with Gasteiger partial charge in [-0.1, -0.05) is 42.5 Å². The van der Waals surface area contributed by atoms with Gasteiger partial charge in [-0.25, -0.2) is 14.4 Å². The predicted molar refractivity (Wildman–Crippen MR) is 112 cm³/mol. The van der Waals surface area contributed by atoms with Gasteiger partial charge in [0.1, 0.15) is 17.2 Å². The molecule has 3 aromatic carbocycles. The number of methoxy groups -OCH3 is 1. The molecule has 0 saturated heterocycles. The van der Waals surface area contributed by atoms with Gasteiger partial charge in [0.15, 0.2) is 6.61 Å². The van der Waals surface area contributed by atoms with Gasteiger partial charge >= 0.3 is 17.9 Å². The SMILES string of the molecule is COC(=O)COc1ccc(C2=c3cc4c(cc3OC2=O)=C(c2ccccc2)C(=O)O4)cc1. The van der Waals surface area contributed by atoms with E-state index in [1.807, 2.05) is 30.3 Å². The summed E-state index contributed by atoms with van der Waals surface area (Å²) in [6.07, 6.45) is 0. The second-order valence-corrected chi connectivity index (χ2v) is 7.13. The molecule has 0 unspecified atom stereocenters. The van der Waals surface area contributed by atoms with Gasteiger partial charge in [0.05, 0.1) is 18.3 Å². The number of carbonyl (C=O) groups is 3. The van der Waals surface area contributed by atoms with Crippen molar-refractivity contribution in [2.75, 3.05) is 13.7 Å². The van der Waals surface area contributed by atoms with Crippen molar-refractivity contribution < 1.29 is 33.3 Å². The van der Waals surface area contributed by atoms with Gasteiger partial charge in [-0.3, -0.25) is 0 Å². The highest BCUT2D eigenvalue weighted by Crippen LogP contribution is 2.27. The summed E-state index contributed by atoms with van der Waals surface area (Å²) in [6.45, 7) is -0.213. The van der Waals surface area contributed by atoms with Crippen LogP contribution in [-0.4, -0.2) is 31.6 Å². The van der Waals surface area contributed by atoms with E-state index in [1.54, 1.807) is 36.4 Å². The van der Waals surface area contributed by atoms with Crippen molar-refractivity contribution in [2.24, 2.45) is 0 Å². The summed E-state index contributed by atoms with van der Waals surface area (Å²) in [7, 11) is 1.28. The number of hydrogen-bond donors (Lipinski definition) is 0. The van der Waals surface area contributed by atoms with Crippen LogP contribution in [-0.2, 0) is 19.1 Å². The summed E-state index contributed by atoms with van der Waals surface area (Å²) < 4.78 is 20.9. The van der Waals surface area contributed by atoms with Crippen molar-refractivity contribution in [3.8, 4) is 17.2 Å². The Labute approximate surface area is 182 Å². The van der Waals surface area contributed by atoms with Crippen molar-refractivity contribution in [1.29, 1.82) is 0 Å². The van der Waals surface area contributed by atoms with Gasteiger partial charge in [0.2, 0.25) is 0 Å². The highest BCUT2D eigenvalue weighted by Gasteiger charge is 2.30. The monoisotopic (exact) mass is 428 g/mol. The van der Waals surface area contributed by atoms with Crippen molar-refractivity contribution >= 4 is 29.1 Å². The molecule has 158 valence electrons. The highest BCUT2D eigenvalue weighted by molar-refractivity contribution is 6.21. The van der Waals surface area contributed by atoms with Crippen LogP contribution in [0.25, 0.3) is 11.1 Å². The molecule has 2 aliphatic heterocycles. The first-order chi connectivity index (χ1) is 15.5. The van der Waals surface area contributed by atoms with Gasteiger partial charge < -0.3 is 18.9 Å². The predicted octanol–water partition coefficient (Wildman–Crippen LogP) is 1.47. The first-order valence-electron chi connectivity index (χ1n) is 9.77. The molecule has 0 bridgehead atoms. The average molecular weight is 428 g/mol. The minimum atomic E-state index is -0.500. The molecular formula is C25H16O7. The number of fused-ring (bicyclic) bond motifs is 2. The fraction of sp³-hybridized carbons (Fsp3) is 0.0800. The second-order valence-electron chi connectivity index (χ2n) is 7.13. The summed E-state index contributed by atoms with van der Waals surface area (Å²) in [6, 6.07) is 19.2. The normalized spacial score (nSPS) is 13.9. The molecule has 0 amide bonds. The van der Waals surface area contributed by atoms with Gasteiger partial charge in [0.25, 0.3) is 0 Å². The van der Waals surface area contributed by atoms with Crippen LogP contribution in [0.3, 0.4) is 0 Å². The molecule has 5 rings (SSSR count). The number of hydrogen-bond acceptors (Lipinski definition) is 7. The van der Waals surface area contributed by atoms with E-state index < -0.39 is 17.9 Å². The molecule has 3 aromatic rings. The van der Waals surface area contributed by atoms with Crippen molar-refractivity contribution in [2.45, 2.75) is 0 Å². The van der Waals surface area contributed by atoms with E-state index in [0.717, 1.165) is 5.56 Å². The highest BCUT2D eigenvalue weighted by atomic mass is 16.6. The quantitative estimate of drug-likeness (QED) is 0.449. The zero-order valence-corrected chi connectivity index (χ0v) is 16.9. The van der Waals surface area contributed by atoms with Crippen LogP contribution in [0.1, 0.15) is 11.1 Å². The summed E-state index contributed by atoms with van der Waals surface area (Å²) >= 11 is 0. The Morgan fingerprint density at radius 3 is 1.84 bits per heavy atom. The Morgan fingerprint density at radius 1 is 0.781 bits per heavy atom. The second kappa shape index (κ2) is 7.70. The maximum absolute atomic E-state index is 12.6. The lowest BCUT2D eigenvalue weighted by Crippen LogP contribution is -2.12. The molecule has 2 heterocycles. The molecule has 0 spiro atoms. The lowest BCUT2D eigenvalue weighted by molar-refractivity contribution is -0.143. The number of benzene rings is 3. The lowest BCUT2D eigenvalue weighted by atomic mass is 10.0. The van der Waals surface area contributed by atoms with Crippen molar-refractivity contribution in [1.82, 2.24) is 0 Å². The van der Waals surface area contributed by atoms with Gasteiger partial charge in [-0.2, -0.15) is 0 Å². The lowest BCUT2D eigenvalue weighted by Gasteiger charge is -2.06. The molecule has 32 heavy (non-hydrogen) atoms. The van der Waals surface area contributed by atoms with E-state index in [-0.39, 0.29) is 6.61 Å². The summed E-state index contributed by atoms with van der Waals surface area (Å²) in [4.78, 5) is 36.4. The van der Waals surface area contributed by atoms with Crippen LogP contribution >= 0.6 is 0 Å². The fourth-order valence-electron chi connectivity index (χ4n) is 3.71. The Morgan fingerprint density at radius 2 is 1.31 bits per heavy atom. The number of esters is 3. The van der Waals surface area contributed by atoms with Crippen LogP contribution in [0, 0.1) is 0 Å². The summed E-state index contributed by atoms with van der Waals surface area (Å²) in [5, 5.41) is 1.12. The van der Waals surface area contributed by atoms with E-state index in [2.05, 4.69) is 4.74 Å². The minimum Gasteiger partial charge on any atom is -0.482 e. The maximum atomic E-state index is 12.6. The molecule has 7 nitrogen and oxygen atoms in total. The topological polar surface area (TPSA) is 88.1 Å². The average Bonchev–Trinajstić information content (AvgIpc) is 3.30. The van der Waals surface area contributed by atoms with Gasteiger partial charge in [0, 0.05) is 10.4 Å². The minimum absolute atomic E-state index is 0.213. The Balaban J connectivity index is 1.57. The van der Waals surface area contributed by atoms with Crippen LogP contribution in [0.5, 0.6) is 17.2 Å². The molecule has 0 radical (unpaired) electrons. The van der Waals surface area contributed by atoms with E-state index in [9.17, 15) is 14.4 Å². The molecule has 0 saturated carbocycles. The fourth-order valence-corrected chi connectivity index (χ4v) is 3.71. The first kappa shape index (κ1) is 19.6. The third kappa shape index (κ3) is 3.30. The van der Waals surface area contributed by atoms with E-state index >= 15 is 0 Å². The first-order valence-corrected chi connectivity index (χ1v) is 9.77. The maximum Gasteiger partial charge on any atom is 0.344 e. The van der Waals surface area contributed by atoms with E-state index in [0.29, 0.717) is 44.4 Å². The molecule has 0 aromatic heterocycles. The zero-order valence-electron chi connectivity index (χ0n) is 16.9.